The third-order valence-electron chi connectivity index (χ3n) is 4.89. The molecule has 1 atom stereocenters. The number of hydrogen-bond acceptors (Lipinski definition) is 5. The normalized spacial score (nSPS) is 12.1. The highest BCUT2D eigenvalue weighted by molar-refractivity contribution is 14.1. The van der Waals surface area contributed by atoms with Crippen LogP contribution < -0.4 is 10.6 Å². The number of hydrogen-bond donors (Lipinski definition) is 3. The zero-order chi connectivity index (χ0) is 28.5. The van der Waals surface area contributed by atoms with Crippen molar-refractivity contribution < 1.29 is 36.3 Å². The molecular formula is C25H23F3I2N2O5S. The van der Waals surface area contributed by atoms with Crippen LogP contribution in [0.25, 0.3) is 0 Å². The molecule has 0 aliphatic carbocycles. The van der Waals surface area contributed by atoms with Gasteiger partial charge in [0.25, 0.3) is 21.7 Å². The van der Waals surface area contributed by atoms with Crippen LogP contribution in [0.15, 0.2) is 77.7 Å². The number of phenols is 1. The van der Waals surface area contributed by atoms with E-state index in [2.05, 4.69) is 62.7 Å². The lowest BCUT2D eigenvalue weighted by Gasteiger charge is -2.13. The molecule has 13 heteroatoms. The average molecular weight is 774 g/mol. The second kappa shape index (κ2) is 14.1. The molecular weight excluding hydrogens is 751 g/mol. The smallest absolute Gasteiger partial charge is 0.501 e. The highest BCUT2D eigenvalue weighted by atomic mass is 127. The molecule has 38 heavy (non-hydrogen) atoms. The lowest BCUT2D eigenvalue weighted by molar-refractivity contribution is -0.0436. The molecule has 0 bridgehead atoms. The van der Waals surface area contributed by atoms with Crippen LogP contribution in [-0.4, -0.2) is 39.2 Å². The fraction of sp³-hybridized carbons (Fsp3) is 0.200. The Kier molecular flexibility index (Phi) is 11.8. The quantitative estimate of drug-likeness (QED) is 0.180. The number of nitrogens with one attached hydrogen (secondary N) is 2. The van der Waals surface area contributed by atoms with E-state index in [4.69, 9.17) is 0 Å². The zero-order valence-corrected chi connectivity index (χ0v) is 24.9. The molecule has 0 aliphatic rings. The third kappa shape index (κ3) is 8.56. The Balaban J connectivity index is 0.000000757. The van der Waals surface area contributed by atoms with Crippen molar-refractivity contribution >= 4 is 78.2 Å². The molecule has 0 radical (unpaired) electrons. The number of phenolic OH excluding ortho intramolecular Hbond substituents is 1. The van der Waals surface area contributed by atoms with E-state index >= 15 is 0 Å². The number of benzene rings is 3. The summed E-state index contributed by atoms with van der Waals surface area (Å²) in [6.07, 6.45) is 1.31. The Hall–Kier alpha value is -2.40. The number of para-hydroxylation sites is 2. The number of alkyl halides is 5. The number of amides is 2. The first-order valence-electron chi connectivity index (χ1n) is 10.9. The Bertz CT molecular complexity index is 1380. The van der Waals surface area contributed by atoms with Gasteiger partial charge in [0, 0.05) is 14.0 Å². The van der Waals surface area contributed by atoms with E-state index in [1.54, 1.807) is 0 Å². The van der Waals surface area contributed by atoms with Crippen molar-refractivity contribution in [3.63, 3.8) is 0 Å². The van der Waals surface area contributed by atoms with Crippen molar-refractivity contribution in [1.29, 1.82) is 0 Å². The van der Waals surface area contributed by atoms with Gasteiger partial charge in [-0.15, -0.1) is 0 Å². The van der Waals surface area contributed by atoms with Gasteiger partial charge in [0.05, 0.1) is 21.7 Å². The number of aromatic hydroxyl groups is 1. The first-order chi connectivity index (χ1) is 17.8. The fourth-order valence-electron chi connectivity index (χ4n) is 2.83. The molecule has 1 unspecified atom stereocenters. The van der Waals surface area contributed by atoms with Crippen molar-refractivity contribution in [2.75, 3.05) is 15.1 Å². The van der Waals surface area contributed by atoms with E-state index in [-0.39, 0.29) is 28.3 Å². The van der Waals surface area contributed by atoms with Gasteiger partial charge in [-0.05, 0) is 48.9 Å². The Labute approximate surface area is 245 Å². The summed E-state index contributed by atoms with van der Waals surface area (Å²) in [7, 11) is -5.59. The Morgan fingerprint density at radius 1 is 0.921 bits per heavy atom. The lowest BCUT2D eigenvalue weighted by Crippen LogP contribution is -2.23. The van der Waals surface area contributed by atoms with Crippen LogP contribution >= 0.6 is 45.2 Å². The Morgan fingerprint density at radius 3 is 2.05 bits per heavy atom. The number of carbonyl (C=O) groups is 2. The van der Waals surface area contributed by atoms with Crippen LogP contribution in [0.4, 0.5) is 24.5 Å². The molecule has 0 aliphatic heterocycles. The van der Waals surface area contributed by atoms with Gasteiger partial charge in [0.1, 0.15) is 5.75 Å². The van der Waals surface area contributed by atoms with Crippen LogP contribution in [-0.2, 0) is 9.84 Å². The monoisotopic (exact) mass is 774 g/mol. The summed E-state index contributed by atoms with van der Waals surface area (Å²) >= 11 is 4.87. The molecule has 3 aromatic rings. The molecule has 0 saturated heterocycles. The van der Waals surface area contributed by atoms with E-state index < -0.39 is 32.1 Å². The van der Waals surface area contributed by atoms with Crippen molar-refractivity contribution in [2.45, 2.75) is 27.7 Å². The first-order valence-corrected chi connectivity index (χ1v) is 15.2. The number of halogens is 5. The minimum atomic E-state index is -5.59. The molecule has 3 aromatic carbocycles. The molecule has 204 valence electrons. The van der Waals surface area contributed by atoms with Gasteiger partial charge in [-0.1, -0.05) is 82.4 Å². The van der Waals surface area contributed by atoms with Crippen molar-refractivity contribution in [2.24, 2.45) is 0 Å². The van der Waals surface area contributed by atoms with Gasteiger partial charge in [0.2, 0.25) is 0 Å². The van der Waals surface area contributed by atoms with Crippen molar-refractivity contribution in [1.82, 2.24) is 0 Å². The predicted octanol–water partition coefficient (Wildman–Crippen LogP) is 6.83. The SMILES string of the molecule is CCC(I)CI.O=C(Nc1ccccc1C(=O)Nc1cccc(S(=O)(=O)C(F)(F)F)c1)c1ccccc1O. The first kappa shape index (κ1) is 31.8. The molecule has 0 aromatic heterocycles. The number of anilines is 2. The summed E-state index contributed by atoms with van der Waals surface area (Å²) in [5.41, 5.74) is -5.69. The zero-order valence-electron chi connectivity index (χ0n) is 19.8. The van der Waals surface area contributed by atoms with Gasteiger partial charge >= 0.3 is 5.51 Å². The van der Waals surface area contributed by atoms with Crippen LogP contribution in [0.1, 0.15) is 34.1 Å². The average Bonchev–Trinajstić information content (AvgIpc) is 2.88. The largest absolute Gasteiger partial charge is 0.507 e. The number of rotatable bonds is 7. The molecule has 0 fully saturated rings. The number of carbonyl (C=O) groups excluding carboxylic acids is 2. The summed E-state index contributed by atoms with van der Waals surface area (Å²) in [6.45, 7) is 2.22. The van der Waals surface area contributed by atoms with E-state index in [1.165, 1.54) is 65.4 Å². The van der Waals surface area contributed by atoms with Crippen molar-refractivity contribution in [3.8, 4) is 5.75 Å². The summed E-state index contributed by atoms with van der Waals surface area (Å²) < 4.78 is 63.7. The maximum Gasteiger partial charge on any atom is 0.501 e. The second-order valence-corrected chi connectivity index (χ2v) is 12.2. The minimum absolute atomic E-state index is 0.0345. The van der Waals surface area contributed by atoms with Crippen LogP contribution in [0.3, 0.4) is 0 Å². The summed E-state index contributed by atoms with van der Waals surface area (Å²) in [5.74, 6) is -1.77. The topological polar surface area (TPSA) is 113 Å². The number of sulfone groups is 1. The van der Waals surface area contributed by atoms with Crippen LogP contribution in [0.2, 0.25) is 0 Å². The highest BCUT2D eigenvalue weighted by Crippen LogP contribution is 2.31. The lowest BCUT2D eigenvalue weighted by atomic mass is 10.1. The van der Waals surface area contributed by atoms with Gasteiger partial charge in [-0.2, -0.15) is 13.2 Å². The second-order valence-electron chi connectivity index (χ2n) is 7.61. The molecule has 3 N–H and O–H groups in total. The van der Waals surface area contributed by atoms with E-state index in [0.717, 1.165) is 16.1 Å². The van der Waals surface area contributed by atoms with Crippen LogP contribution in [0.5, 0.6) is 5.75 Å². The molecule has 0 saturated carbocycles. The Morgan fingerprint density at radius 2 is 1.50 bits per heavy atom. The third-order valence-corrected chi connectivity index (χ3v) is 10.4. The van der Waals surface area contributed by atoms with Gasteiger partial charge in [-0.25, -0.2) is 8.42 Å². The standard InChI is InChI=1S/C21H15F3N2O5S.C4H8I2/c22-21(23,24)32(30,31)14-7-5-6-13(12-14)25-19(28)15-8-1-3-10-17(15)26-20(29)16-9-2-4-11-18(16)27;1-2-4(6)3-5/h1-12,27H,(H,25,28)(H,26,29);4H,2-3H2,1H3. The minimum Gasteiger partial charge on any atom is -0.507 e. The molecule has 2 amide bonds. The maximum absolute atomic E-state index is 12.8. The predicted molar refractivity (Wildman–Crippen MR) is 157 cm³/mol. The highest BCUT2D eigenvalue weighted by Gasteiger charge is 2.46. The summed E-state index contributed by atoms with van der Waals surface area (Å²) in [4.78, 5) is 24.1. The van der Waals surface area contributed by atoms with E-state index in [9.17, 15) is 36.3 Å². The van der Waals surface area contributed by atoms with Gasteiger partial charge < -0.3 is 15.7 Å². The molecule has 7 nitrogen and oxygen atoms in total. The summed E-state index contributed by atoms with van der Waals surface area (Å²) in [5, 5.41) is 14.6. The molecule has 0 heterocycles. The fourth-order valence-corrected chi connectivity index (χ4v) is 4.26. The van der Waals surface area contributed by atoms with Crippen LogP contribution in [0, 0.1) is 0 Å². The van der Waals surface area contributed by atoms with Gasteiger partial charge in [0.15, 0.2) is 0 Å². The van der Waals surface area contributed by atoms with Gasteiger partial charge in [-0.3, -0.25) is 9.59 Å². The van der Waals surface area contributed by atoms with E-state index in [1.807, 2.05) is 0 Å². The van der Waals surface area contributed by atoms with E-state index in [0.29, 0.717) is 6.07 Å². The van der Waals surface area contributed by atoms with Crippen molar-refractivity contribution in [3.05, 3.63) is 83.9 Å². The maximum atomic E-state index is 12.8. The summed E-state index contributed by atoms with van der Waals surface area (Å²) in [6, 6.07) is 15.3. The molecule has 0 spiro atoms. The molecule has 3 rings (SSSR count).